The topological polar surface area (TPSA) is 42.4 Å². The third kappa shape index (κ3) is 3.81. The van der Waals surface area contributed by atoms with Gasteiger partial charge in [-0.3, -0.25) is 9.88 Å². The third-order valence-corrected chi connectivity index (χ3v) is 3.93. The number of pyridine rings is 1. The first-order chi connectivity index (χ1) is 11.8. The number of ether oxygens (including phenoxy) is 1. The first-order valence-corrected chi connectivity index (χ1v) is 7.58. The SMILES string of the molecule is Cc1ncc(-c2cccc(C(F)(F)F)c2)cc1CN1CC=COC1=O. The summed E-state index contributed by atoms with van der Waals surface area (Å²) >= 11 is 0. The molecule has 0 saturated heterocycles. The molecular weight excluding hydrogens is 333 g/mol. The van der Waals surface area contributed by atoms with Crippen molar-refractivity contribution in [3.8, 4) is 11.1 Å². The standard InChI is InChI=1S/C18H15F3N2O2/c1-12-15(11-23-6-3-7-25-17(23)24)8-14(10-22-12)13-4-2-5-16(9-13)18(19,20)21/h2-5,7-10H,6,11H2,1H3. The Kier molecular flexibility index (Phi) is 4.48. The van der Waals surface area contributed by atoms with Crippen LogP contribution in [-0.2, 0) is 17.5 Å². The monoisotopic (exact) mass is 348 g/mol. The first-order valence-electron chi connectivity index (χ1n) is 7.58. The summed E-state index contributed by atoms with van der Waals surface area (Å²) in [5.74, 6) is 0. The molecule has 7 heteroatoms. The molecule has 1 aliphatic heterocycles. The molecule has 0 saturated carbocycles. The fourth-order valence-corrected chi connectivity index (χ4v) is 2.53. The quantitative estimate of drug-likeness (QED) is 0.818. The lowest BCUT2D eigenvalue weighted by Gasteiger charge is -2.23. The van der Waals surface area contributed by atoms with Gasteiger partial charge in [-0.25, -0.2) is 4.79 Å². The largest absolute Gasteiger partial charge is 0.418 e. The fraction of sp³-hybridized carbons (Fsp3) is 0.222. The zero-order valence-electron chi connectivity index (χ0n) is 13.4. The van der Waals surface area contributed by atoms with Crippen molar-refractivity contribution < 1.29 is 22.7 Å². The summed E-state index contributed by atoms with van der Waals surface area (Å²) in [6.45, 7) is 2.47. The smallest absolute Gasteiger partial charge is 0.416 e. The fourth-order valence-electron chi connectivity index (χ4n) is 2.53. The molecule has 0 spiro atoms. The Morgan fingerprint density at radius 2 is 2.04 bits per heavy atom. The molecule has 1 amide bonds. The summed E-state index contributed by atoms with van der Waals surface area (Å²) < 4.78 is 43.5. The summed E-state index contributed by atoms with van der Waals surface area (Å²) in [6.07, 6.45) is -0.292. The molecule has 1 aromatic carbocycles. The Labute approximate surface area is 142 Å². The van der Waals surface area contributed by atoms with Crippen LogP contribution in [0, 0.1) is 6.92 Å². The number of carbonyl (C=O) groups excluding carboxylic acids is 1. The van der Waals surface area contributed by atoms with E-state index >= 15 is 0 Å². The lowest BCUT2D eigenvalue weighted by atomic mass is 10.0. The number of benzene rings is 1. The van der Waals surface area contributed by atoms with Crippen LogP contribution >= 0.6 is 0 Å². The van der Waals surface area contributed by atoms with Gasteiger partial charge < -0.3 is 4.74 Å². The highest BCUT2D eigenvalue weighted by atomic mass is 19.4. The van der Waals surface area contributed by atoms with Crippen LogP contribution in [0.15, 0.2) is 48.9 Å². The maximum atomic E-state index is 12.9. The second-order valence-corrected chi connectivity index (χ2v) is 5.68. The van der Waals surface area contributed by atoms with Crippen LogP contribution in [0.2, 0.25) is 0 Å². The molecular formula is C18H15F3N2O2. The molecule has 0 radical (unpaired) electrons. The van der Waals surface area contributed by atoms with Crippen LogP contribution in [-0.4, -0.2) is 22.5 Å². The van der Waals surface area contributed by atoms with E-state index in [9.17, 15) is 18.0 Å². The van der Waals surface area contributed by atoms with Gasteiger partial charge in [0, 0.05) is 24.0 Å². The number of halogens is 3. The second kappa shape index (κ2) is 6.58. The first kappa shape index (κ1) is 17.0. The predicted octanol–water partition coefficient (Wildman–Crippen LogP) is 4.54. The van der Waals surface area contributed by atoms with Crippen molar-refractivity contribution in [2.75, 3.05) is 6.54 Å². The average molecular weight is 348 g/mol. The molecule has 0 aliphatic carbocycles. The number of alkyl halides is 3. The Morgan fingerprint density at radius 3 is 2.76 bits per heavy atom. The van der Waals surface area contributed by atoms with Crippen LogP contribution in [0.25, 0.3) is 11.1 Å². The molecule has 1 aliphatic rings. The third-order valence-electron chi connectivity index (χ3n) is 3.93. The summed E-state index contributed by atoms with van der Waals surface area (Å²) in [5, 5.41) is 0. The van der Waals surface area contributed by atoms with Crippen molar-refractivity contribution in [2.24, 2.45) is 0 Å². The van der Waals surface area contributed by atoms with Gasteiger partial charge in [0.1, 0.15) is 0 Å². The second-order valence-electron chi connectivity index (χ2n) is 5.68. The molecule has 0 unspecified atom stereocenters. The number of nitrogens with zero attached hydrogens (tertiary/aromatic N) is 2. The van der Waals surface area contributed by atoms with E-state index in [2.05, 4.69) is 4.98 Å². The Morgan fingerprint density at radius 1 is 1.24 bits per heavy atom. The highest BCUT2D eigenvalue weighted by molar-refractivity contribution is 5.70. The van der Waals surface area contributed by atoms with Gasteiger partial charge >= 0.3 is 12.3 Å². The van der Waals surface area contributed by atoms with Gasteiger partial charge in [-0.15, -0.1) is 0 Å². The molecule has 0 fully saturated rings. The number of cyclic esters (lactones) is 1. The van der Waals surface area contributed by atoms with Gasteiger partial charge in [-0.1, -0.05) is 12.1 Å². The minimum absolute atomic E-state index is 0.273. The van der Waals surface area contributed by atoms with Gasteiger partial charge in [-0.2, -0.15) is 13.2 Å². The maximum Gasteiger partial charge on any atom is 0.416 e. The number of hydrogen-bond acceptors (Lipinski definition) is 3. The van der Waals surface area contributed by atoms with Crippen molar-refractivity contribution in [1.82, 2.24) is 9.88 Å². The maximum absolute atomic E-state index is 12.9. The van der Waals surface area contributed by atoms with E-state index in [0.29, 0.717) is 23.4 Å². The van der Waals surface area contributed by atoms with Gasteiger partial charge in [-0.05, 0) is 42.3 Å². The lowest BCUT2D eigenvalue weighted by molar-refractivity contribution is -0.137. The van der Waals surface area contributed by atoms with E-state index in [1.54, 1.807) is 25.1 Å². The average Bonchev–Trinajstić information content (AvgIpc) is 2.58. The molecule has 25 heavy (non-hydrogen) atoms. The molecule has 0 bridgehead atoms. The minimum Gasteiger partial charge on any atom is -0.418 e. The van der Waals surface area contributed by atoms with Crippen LogP contribution in [0.1, 0.15) is 16.8 Å². The Bertz CT molecular complexity index is 831. The molecule has 0 atom stereocenters. The van der Waals surface area contributed by atoms with E-state index < -0.39 is 17.8 Å². The van der Waals surface area contributed by atoms with Crippen molar-refractivity contribution in [1.29, 1.82) is 0 Å². The van der Waals surface area contributed by atoms with Crippen LogP contribution in [0.5, 0.6) is 0 Å². The number of hydrogen-bond donors (Lipinski definition) is 0. The molecule has 1 aromatic heterocycles. The van der Waals surface area contributed by atoms with E-state index in [4.69, 9.17) is 4.74 Å². The Balaban J connectivity index is 1.92. The van der Waals surface area contributed by atoms with Gasteiger partial charge in [0.15, 0.2) is 0 Å². The predicted molar refractivity (Wildman–Crippen MR) is 85.4 cm³/mol. The summed E-state index contributed by atoms with van der Waals surface area (Å²) in [5.41, 5.74) is 1.73. The number of carbonyl (C=O) groups is 1. The number of amides is 1. The van der Waals surface area contributed by atoms with E-state index in [0.717, 1.165) is 17.7 Å². The van der Waals surface area contributed by atoms with Gasteiger partial charge in [0.2, 0.25) is 0 Å². The molecule has 4 nitrogen and oxygen atoms in total. The van der Waals surface area contributed by atoms with Gasteiger partial charge in [0.25, 0.3) is 0 Å². The summed E-state index contributed by atoms with van der Waals surface area (Å²) in [6, 6.07) is 6.84. The minimum atomic E-state index is -4.40. The number of rotatable bonds is 3. The van der Waals surface area contributed by atoms with Gasteiger partial charge in [0.05, 0.1) is 18.4 Å². The summed E-state index contributed by atoms with van der Waals surface area (Å²) in [7, 11) is 0. The highest BCUT2D eigenvalue weighted by Gasteiger charge is 2.30. The molecule has 130 valence electrons. The van der Waals surface area contributed by atoms with Crippen molar-refractivity contribution in [3.05, 3.63) is 65.7 Å². The van der Waals surface area contributed by atoms with Crippen LogP contribution in [0.3, 0.4) is 0 Å². The van der Waals surface area contributed by atoms with E-state index in [1.807, 2.05) is 0 Å². The molecule has 2 heterocycles. The van der Waals surface area contributed by atoms with E-state index in [-0.39, 0.29) is 6.54 Å². The van der Waals surface area contributed by atoms with Crippen molar-refractivity contribution in [2.45, 2.75) is 19.6 Å². The zero-order valence-corrected chi connectivity index (χ0v) is 13.4. The van der Waals surface area contributed by atoms with Crippen LogP contribution in [0.4, 0.5) is 18.0 Å². The summed E-state index contributed by atoms with van der Waals surface area (Å²) in [4.78, 5) is 17.5. The zero-order chi connectivity index (χ0) is 18.0. The van der Waals surface area contributed by atoms with E-state index in [1.165, 1.54) is 23.4 Å². The van der Waals surface area contributed by atoms with Crippen LogP contribution < -0.4 is 0 Å². The lowest BCUT2D eigenvalue weighted by Crippen LogP contribution is -2.33. The van der Waals surface area contributed by atoms with Crippen molar-refractivity contribution >= 4 is 6.09 Å². The Hall–Kier alpha value is -2.83. The van der Waals surface area contributed by atoms with Crippen molar-refractivity contribution in [3.63, 3.8) is 0 Å². The highest BCUT2D eigenvalue weighted by Crippen LogP contribution is 2.32. The molecule has 3 rings (SSSR count). The number of aryl methyl sites for hydroxylation is 1. The normalized spacial score (nSPS) is 14.6. The molecule has 2 aromatic rings. The molecule has 0 N–H and O–H groups in total. The number of aromatic nitrogens is 1.